The number of benzene rings is 2. The number of nitrogens with two attached hydrogens (primary N) is 1. The monoisotopic (exact) mass is 422 g/mol. The number of carbonyl (C=O) groups is 1. The Balaban J connectivity index is 1.51. The second-order valence-electron chi connectivity index (χ2n) is 6.66. The van der Waals surface area contributed by atoms with E-state index in [1.807, 2.05) is 25.1 Å². The Morgan fingerprint density at radius 3 is 2.45 bits per heavy atom. The van der Waals surface area contributed by atoms with Gasteiger partial charge in [0, 0.05) is 11.3 Å². The quantitative estimate of drug-likeness (QED) is 0.609. The molecule has 9 nitrogen and oxygen atoms in total. The highest BCUT2D eigenvalue weighted by molar-refractivity contribution is 5.86. The molecule has 2 aromatic carbocycles. The predicted octanol–water partition coefficient (Wildman–Crippen LogP) is 4.13. The first kappa shape index (κ1) is 20.6. The highest BCUT2D eigenvalue weighted by Crippen LogP contribution is 2.39. The van der Waals surface area contributed by atoms with Gasteiger partial charge in [-0.05, 0) is 50.2 Å². The van der Waals surface area contributed by atoms with Crippen LogP contribution in [0.5, 0.6) is 11.5 Å². The van der Waals surface area contributed by atoms with Crippen molar-refractivity contribution in [2.24, 2.45) is 0 Å². The minimum absolute atomic E-state index is 0.191. The lowest BCUT2D eigenvalue weighted by Crippen LogP contribution is -2.33. The van der Waals surface area contributed by atoms with E-state index in [2.05, 4.69) is 15.3 Å². The fourth-order valence-corrected chi connectivity index (χ4v) is 3.00. The van der Waals surface area contributed by atoms with Crippen molar-refractivity contribution < 1.29 is 23.7 Å². The van der Waals surface area contributed by atoms with Crippen molar-refractivity contribution in [1.82, 2.24) is 9.97 Å². The van der Waals surface area contributed by atoms with Gasteiger partial charge in [-0.15, -0.1) is 0 Å². The number of carbonyl (C=O) groups excluding carboxylic acids is 1. The summed E-state index contributed by atoms with van der Waals surface area (Å²) >= 11 is 0. The van der Waals surface area contributed by atoms with Crippen LogP contribution in [0.3, 0.4) is 0 Å². The Hall–Kier alpha value is -3.69. The van der Waals surface area contributed by atoms with Crippen LogP contribution in [0.25, 0.3) is 11.4 Å². The number of nitrogens with zero attached hydrogens (tertiary/aromatic N) is 2. The first-order valence-corrected chi connectivity index (χ1v) is 9.79. The Bertz CT molecular complexity index is 1050. The van der Waals surface area contributed by atoms with Gasteiger partial charge in [0.2, 0.25) is 6.29 Å². The first-order valence-electron chi connectivity index (χ1n) is 9.79. The number of amides is 1. The topological polar surface area (TPSA) is 118 Å². The average Bonchev–Trinajstić information content (AvgIpc) is 2.74. The zero-order valence-corrected chi connectivity index (χ0v) is 17.1. The van der Waals surface area contributed by atoms with Gasteiger partial charge in [-0.25, -0.2) is 14.8 Å². The molecule has 160 valence electrons. The molecule has 0 spiro atoms. The molecule has 4 rings (SSSR count). The van der Waals surface area contributed by atoms with Crippen LogP contribution >= 0.6 is 0 Å². The van der Waals surface area contributed by atoms with Gasteiger partial charge in [0.15, 0.2) is 23.7 Å². The van der Waals surface area contributed by atoms with Crippen LogP contribution < -0.4 is 20.5 Å². The van der Waals surface area contributed by atoms with Crippen molar-refractivity contribution in [3.63, 3.8) is 0 Å². The molecule has 1 aliphatic heterocycles. The summed E-state index contributed by atoms with van der Waals surface area (Å²) in [6.07, 6.45) is -1.57. The summed E-state index contributed by atoms with van der Waals surface area (Å²) in [5.41, 5.74) is 7.86. The minimum atomic E-state index is -0.662. The van der Waals surface area contributed by atoms with E-state index in [1.54, 1.807) is 43.3 Å². The van der Waals surface area contributed by atoms with Crippen LogP contribution in [-0.2, 0) is 9.47 Å². The number of nitrogen functional groups attached to an aromatic ring is 1. The van der Waals surface area contributed by atoms with E-state index in [1.165, 1.54) is 0 Å². The predicted molar refractivity (Wildman–Crippen MR) is 114 cm³/mol. The molecule has 1 saturated heterocycles. The SMILES string of the molecule is CCOc1c(N)nc(-c2ccc(OC(=O)Nc3ccccc3)cc2)nc1C1OC(C)O1. The molecule has 0 atom stereocenters. The molecule has 1 amide bonds. The fourth-order valence-electron chi connectivity index (χ4n) is 3.00. The maximum atomic E-state index is 12.0. The highest BCUT2D eigenvalue weighted by atomic mass is 16.9. The number of hydrogen-bond acceptors (Lipinski definition) is 8. The highest BCUT2D eigenvalue weighted by Gasteiger charge is 2.34. The summed E-state index contributed by atoms with van der Waals surface area (Å²) in [5, 5.41) is 2.65. The van der Waals surface area contributed by atoms with E-state index in [9.17, 15) is 4.79 Å². The zero-order chi connectivity index (χ0) is 21.8. The maximum Gasteiger partial charge on any atom is 0.417 e. The number of rotatable bonds is 6. The van der Waals surface area contributed by atoms with Gasteiger partial charge >= 0.3 is 6.09 Å². The van der Waals surface area contributed by atoms with Gasteiger partial charge in [-0.2, -0.15) is 0 Å². The smallest absolute Gasteiger partial charge is 0.417 e. The number of para-hydroxylation sites is 1. The molecule has 0 bridgehead atoms. The molecular formula is C22H22N4O5. The number of hydrogen-bond donors (Lipinski definition) is 2. The second kappa shape index (κ2) is 8.99. The van der Waals surface area contributed by atoms with E-state index in [-0.39, 0.29) is 12.1 Å². The Kier molecular flexibility index (Phi) is 5.96. The van der Waals surface area contributed by atoms with Crippen LogP contribution in [0.4, 0.5) is 16.3 Å². The summed E-state index contributed by atoms with van der Waals surface area (Å²) in [6, 6.07) is 15.8. The van der Waals surface area contributed by atoms with Crippen molar-refractivity contribution >= 4 is 17.6 Å². The zero-order valence-electron chi connectivity index (χ0n) is 17.1. The molecule has 1 aliphatic rings. The number of nitrogens with one attached hydrogen (secondary N) is 1. The van der Waals surface area contributed by atoms with Crippen molar-refractivity contribution in [3.05, 3.63) is 60.3 Å². The van der Waals surface area contributed by atoms with Gasteiger partial charge < -0.3 is 24.7 Å². The summed E-state index contributed by atoms with van der Waals surface area (Å²) < 4.78 is 22.0. The third-order valence-electron chi connectivity index (χ3n) is 4.40. The number of anilines is 2. The number of ether oxygens (including phenoxy) is 4. The molecule has 3 N–H and O–H groups in total. The van der Waals surface area contributed by atoms with Crippen molar-refractivity contribution in [3.8, 4) is 22.9 Å². The number of aromatic nitrogens is 2. The third-order valence-corrected chi connectivity index (χ3v) is 4.40. The third kappa shape index (κ3) is 4.73. The van der Waals surface area contributed by atoms with E-state index in [4.69, 9.17) is 24.7 Å². The van der Waals surface area contributed by atoms with Gasteiger partial charge in [0.25, 0.3) is 0 Å². The second-order valence-corrected chi connectivity index (χ2v) is 6.66. The lowest BCUT2D eigenvalue weighted by atomic mass is 10.2. The van der Waals surface area contributed by atoms with E-state index < -0.39 is 12.4 Å². The summed E-state index contributed by atoms with van der Waals surface area (Å²) in [5.74, 6) is 1.29. The van der Waals surface area contributed by atoms with Gasteiger partial charge in [-0.3, -0.25) is 5.32 Å². The average molecular weight is 422 g/mol. The molecule has 0 aliphatic carbocycles. The van der Waals surface area contributed by atoms with Gasteiger partial charge in [0.1, 0.15) is 11.4 Å². The summed E-state index contributed by atoms with van der Waals surface area (Å²) in [4.78, 5) is 20.9. The van der Waals surface area contributed by atoms with Gasteiger partial charge in [0.05, 0.1) is 6.61 Å². The van der Waals surface area contributed by atoms with E-state index in [0.717, 1.165) is 0 Å². The molecular weight excluding hydrogens is 400 g/mol. The van der Waals surface area contributed by atoms with E-state index in [0.29, 0.717) is 40.9 Å². The van der Waals surface area contributed by atoms with Crippen LogP contribution in [0.1, 0.15) is 25.8 Å². The van der Waals surface area contributed by atoms with Crippen LogP contribution in [0.15, 0.2) is 54.6 Å². The van der Waals surface area contributed by atoms with Crippen molar-refractivity contribution in [2.45, 2.75) is 26.4 Å². The molecule has 0 radical (unpaired) electrons. The largest absolute Gasteiger partial charge is 0.488 e. The molecule has 0 unspecified atom stereocenters. The molecule has 3 aromatic rings. The standard InChI is InChI=1S/C22H22N4O5/c1-3-28-18-17(21-29-13(2)30-21)25-20(26-19(18)23)14-9-11-16(12-10-14)31-22(27)24-15-7-5-4-6-8-15/h4-13,21H,3H2,1-2H3,(H,24,27)(H2,23,25,26). The molecule has 0 saturated carbocycles. The maximum absolute atomic E-state index is 12.0. The molecule has 9 heteroatoms. The Morgan fingerprint density at radius 1 is 1.10 bits per heavy atom. The fraction of sp³-hybridized carbons (Fsp3) is 0.227. The molecule has 31 heavy (non-hydrogen) atoms. The van der Waals surface area contributed by atoms with E-state index >= 15 is 0 Å². The van der Waals surface area contributed by atoms with Crippen molar-refractivity contribution in [1.29, 1.82) is 0 Å². The van der Waals surface area contributed by atoms with Crippen LogP contribution in [0, 0.1) is 0 Å². The minimum Gasteiger partial charge on any atom is -0.488 e. The molecule has 1 fully saturated rings. The Morgan fingerprint density at radius 2 is 1.81 bits per heavy atom. The summed E-state index contributed by atoms with van der Waals surface area (Å²) in [7, 11) is 0. The van der Waals surface area contributed by atoms with Crippen LogP contribution in [0.2, 0.25) is 0 Å². The van der Waals surface area contributed by atoms with Crippen LogP contribution in [-0.4, -0.2) is 29.0 Å². The lowest BCUT2D eigenvalue weighted by Gasteiger charge is -2.34. The molecule has 1 aromatic heterocycles. The van der Waals surface area contributed by atoms with Gasteiger partial charge in [-0.1, -0.05) is 18.2 Å². The van der Waals surface area contributed by atoms with Crippen molar-refractivity contribution in [2.75, 3.05) is 17.7 Å². The summed E-state index contributed by atoms with van der Waals surface area (Å²) in [6.45, 7) is 4.03. The molecule has 2 heterocycles. The first-order chi connectivity index (χ1) is 15.0. The normalized spacial score (nSPS) is 17.5. The lowest BCUT2D eigenvalue weighted by molar-refractivity contribution is -0.384. The Labute approximate surface area is 179 Å².